The molecule has 1 aliphatic carbocycles. The molecule has 1 amide bonds. The molecule has 1 aliphatic heterocycles. The number of likely N-dealkylation sites (tertiary alicyclic amines) is 1. The van der Waals surface area contributed by atoms with Crippen molar-refractivity contribution < 1.29 is 13.9 Å². The zero-order chi connectivity index (χ0) is 15.8. The number of fused-ring (bicyclic) bond motifs is 1. The molecule has 1 aromatic carbocycles. The van der Waals surface area contributed by atoms with Gasteiger partial charge in [0.05, 0.1) is 4.70 Å². The molecule has 0 radical (unpaired) electrons. The van der Waals surface area contributed by atoms with E-state index in [1.807, 2.05) is 11.0 Å². The van der Waals surface area contributed by atoms with E-state index in [4.69, 9.17) is 4.74 Å². The van der Waals surface area contributed by atoms with E-state index in [-0.39, 0.29) is 17.8 Å². The molecule has 6 heteroatoms. The molecule has 0 N–H and O–H groups in total. The van der Waals surface area contributed by atoms with Gasteiger partial charge in [-0.1, -0.05) is 23.8 Å². The lowest BCUT2D eigenvalue weighted by atomic mass is 9.84. The summed E-state index contributed by atoms with van der Waals surface area (Å²) in [5, 5.41) is 0.522. The van der Waals surface area contributed by atoms with Gasteiger partial charge in [0.15, 0.2) is 0 Å². The molecule has 0 unspecified atom stereocenters. The Kier molecular flexibility index (Phi) is 3.93. The summed E-state index contributed by atoms with van der Waals surface area (Å²) in [6, 6.07) is 4.95. The second kappa shape index (κ2) is 6.07. The van der Waals surface area contributed by atoms with Crippen LogP contribution in [0.15, 0.2) is 18.2 Å². The monoisotopic (exact) mass is 334 g/mol. The first-order valence-electron chi connectivity index (χ1n) is 8.21. The van der Waals surface area contributed by atoms with Crippen molar-refractivity contribution in [2.75, 3.05) is 13.1 Å². The molecule has 0 bridgehead atoms. The number of carbonyl (C=O) groups excluding carboxylic acids is 1. The number of piperidine rings is 1. The number of benzene rings is 1. The predicted molar refractivity (Wildman–Crippen MR) is 87.1 cm³/mol. The standard InChI is InChI=1S/C17H19FN2O2S/c18-13-5-2-6-14-15(13)19-17(23-14)22-12-7-9-20(10-8-12)16(21)11-3-1-4-11/h2,5-6,11-12H,1,3-4,7-10H2. The summed E-state index contributed by atoms with van der Waals surface area (Å²) >= 11 is 1.38. The highest BCUT2D eigenvalue weighted by molar-refractivity contribution is 7.20. The quantitative estimate of drug-likeness (QED) is 0.861. The van der Waals surface area contributed by atoms with Gasteiger partial charge in [-0.2, -0.15) is 4.98 Å². The van der Waals surface area contributed by atoms with Gasteiger partial charge < -0.3 is 9.64 Å². The van der Waals surface area contributed by atoms with Crippen LogP contribution in [0, 0.1) is 11.7 Å². The molecule has 1 saturated heterocycles. The number of ether oxygens (including phenoxy) is 1. The molecule has 2 aliphatic rings. The molecule has 2 heterocycles. The molecular weight excluding hydrogens is 315 g/mol. The minimum atomic E-state index is -0.311. The average molecular weight is 334 g/mol. The van der Waals surface area contributed by atoms with Gasteiger partial charge in [-0.25, -0.2) is 4.39 Å². The third kappa shape index (κ3) is 2.92. The van der Waals surface area contributed by atoms with Gasteiger partial charge in [0.25, 0.3) is 5.19 Å². The first kappa shape index (κ1) is 14.9. The van der Waals surface area contributed by atoms with Crippen LogP contribution in [-0.4, -0.2) is 35.0 Å². The topological polar surface area (TPSA) is 42.4 Å². The summed E-state index contributed by atoms with van der Waals surface area (Å²) in [7, 11) is 0. The van der Waals surface area contributed by atoms with E-state index in [9.17, 15) is 9.18 Å². The SMILES string of the molecule is O=C(C1CCC1)N1CCC(Oc2nc3c(F)cccc3s2)CC1. The lowest BCUT2D eigenvalue weighted by Crippen LogP contribution is -2.45. The zero-order valence-corrected chi connectivity index (χ0v) is 13.7. The molecule has 1 saturated carbocycles. The molecule has 4 rings (SSSR count). The van der Waals surface area contributed by atoms with Crippen molar-refractivity contribution in [3.05, 3.63) is 24.0 Å². The normalized spacial score (nSPS) is 19.8. The Morgan fingerprint density at radius 1 is 1.26 bits per heavy atom. The number of hydrogen-bond acceptors (Lipinski definition) is 4. The summed E-state index contributed by atoms with van der Waals surface area (Å²) in [6.45, 7) is 1.50. The van der Waals surface area contributed by atoms with Gasteiger partial charge in [-0.05, 0) is 25.0 Å². The molecule has 0 spiro atoms. The fourth-order valence-electron chi connectivity index (χ4n) is 3.20. The Hall–Kier alpha value is -1.69. The molecular formula is C17H19FN2O2S. The number of carbonyl (C=O) groups is 1. The van der Waals surface area contributed by atoms with Crippen LogP contribution in [0.3, 0.4) is 0 Å². The van der Waals surface area contributed by atoms with E-state index < -0.39 is 0 Å². The van der Waals surface area contributed by atoms with Gasteiger partial charge in [-0.15, -0.1) is 0 Å². The Bertz CT molecular complexity index is 720. The average Bonchev–Trinajstić information content (AvgIpc) is 2.90. The molecule has 23 heavy (non-hydrogen) atoms. The van der Waals surface area contributed by atoms with Gasteiger partial charge in [0, 0.05) is 31.8 Å². The van der Waals surface area contributed by atoms with E-state index in [2.05, 4.69) is 4.98 Å². The maximum Gasteiger partial charge on any atom is 0.274 e. The van der Waals surface area contributed by atoms with E-state index >= 15 is 0 Å². The van der Waals surface area contributed by atoms with Crippen LogP contribution in [0.1, 0.15) is 32.1 Å². The first-order valence-corrected chi connectivity index (χ1v) is 9.03. The summed E-state index contributed by atoms with van der Waals surface area (Å²) in [5.41, 5.74) is 0.380. The second-order valence-corrected chi connectivity index (χ2v) is 7.33. The molecule has 2 aromatic rings. The number of nitrogens with zero attached hydrogens (tertiary/aromatic N) is 2. The highest BCUT2D eigenvalue weighted by atomic mass is 32.1. The van der Waals surface area contributed by atoms with E-state index in [0.29, 0.717) is 16.6 Å². The summed E-state index contributed by atoms with van der Waals surface area (Å²) in [4.78, 5) is 18.5. The smallest absolute Gasteiger partial charge is 0.274 e. The summed E-state index contributed by atoms with van der Waals surface area (Å²) in [6.07, 6.45) is 4.97. The lowest BCUT2D eigenvalue weighted by Gasteiger charge is -2.36. The van der Waals surface area contributed by atoms with Crippen LogP contribution >= 0.6 is 11.3 Å². The third-order valence-electron chi connectivity index (χ3n) is 4.83. The van der Waals surface area contributed by atoms with Crippen molar-refractivity contribution in [1.82, 2.24) is 9.88 Å². The van der Waals surface area contributed by atoms with Crippen molar-refractivity contribution in [2.45, 2.75) is 38.2 Å². The Morgan fingerprint density at radius 2 is 2.04 bits per heavy atom. The highest BCUT2D eigenvalue weighted by Gasteiger charge is 2.32. The molecule has 2 fully saturated rings. The van der Waals surface area contributed by atoms with Crippen molar-refractivity contribution >= 4 is 27.5 Å². The molecule has 1 aromatic heterocycles. The number of thiazole rings is 1. The zero-order valence-electron chi connectivity index (χ0n) is 12.8. The van der Waals surface area contributed by atoms with Crippen molar-refractivity contribution in [1.29, 1.82) is 0 Å². The number of amides is 1. The third-order valence-corrected chi connectivity index (χ3v) is 5.74. The van der Waals surface area contributed by atoms with Crippen molar-refractivity contribution in [3.63, 3.8) is 0 Å². The number of halogens is 1. The van der Waals surface area contributed by atoms with Gasteiger partial charge in [-0.3, -0.25) is 4.79 Å². The Labute approximate surface area is 138 Å². The summed E-state index contributed by atoms with van der Waals surface area (Å²) < 4.78 is 20.4. The van der Waals surface area contributed by atoms with Crippen LogP contribution in [0.2, 0.25) is 0 Å². The van der Waals surface area contributed by atoms with E-state index in [0.717, 1.165) is 43.5 Å². The van der Waals surface area contributed by atoms with Gasteiger partial charge in [0.1, 0.15) is 17.4 Å². The lowest BCUT2D eigenvalue weighted by molar-refractivity contribution is -0.140. The fraction of sp³-hybridized carbons (Fsp3) is 0.529. The van der Waals surface area contributed by atoms with Crippen LogP contribution in [-0.2, 0) is 4.79 Å². The van der Waals surface area contributed by atoms with Crippen LogP contribution in [0.5, 0.6) is 5.19 Å². The van der Waals surface area contributed by atoms with Crippen LogP contribution in [0.4, 0.5) is 4.39 Å². The largest absolute Gasteiger partial charge is 0.467 e. The van der Waals surface area contributed by atoms with Gasteiger partial charge in [0.2, 0.25) is 5.91 Å². The Balaban J connectivity index is 1.36. The number of aromatic nitrogens is 1. The minimum Gasteiger partial charge on any atom is -0.467 e. The van der Waals surface area contributed by atoms with Crippen LogP contribution in [0.25, 0.3) is 10.2 Å². The first-order chi connectivity index (χ1) is 11.2. The molecule has 122 valence electrons. The molecule has 4 nitrogen and oxygen atoms in total. The summed E-state index contributed by atoms with van der Waals surface area (Å²) in [5.74, 6) is 0.269. The van der Waals surface area contributed by atoms with E-state index in [1.165, 1.54) is 23.8 Å². The van der Waals surface area contributed by atoms with Crippen molar-refractivity contribution in [3.8, 4) is 5.19 Å². The van der Waals surface area contributed by atoms with Crippen molar-refractivity contribution in [2.24, 2.45) is 5.92 Å². The maximum atomic E-state index is 13.7. The molecule has 0 atom stereocenters. The predicted octanol–water partition coefficient (Wildman–Crippen LogP) is 3.61. The fourth-order valence-corrected chi connectivity index (χ4v) is 4.09. The number of para-hydroxylation sites is 1. The van der Waals surface area contributed by atoms with E-state index in [1.54, 1.807) is 6.07 Å². The number of hydrogen-bond donors (Lipinski definition) is 0. The highest BCUT2D eigenvalue weighted by Crippen LogP contribution is 2.32. The Morgan fingerprint density at radius 3 is 2.70 bits per heavy atom. The van der Waals surface area contributed by atoms with Crippen LogP contribution < -0.4 is 4.74 Å². The minimum absolute atomic E-state index is 0.0593. The second-order valence-electron chi connectivity index (χ2n) is 6.34. The maximum absolute atomic E-state index is 13.7. The number of rotatable bonds is 3. The van der Waals surface area contributed by atoms with Gasteiger partial charge >= 0.3 is 0 Å².